The number of likely N-dealkylation sites (tertiary alicyclic amines) is 1. The Bertz CT molecular complexity index is 475. The van der Waals surface area contributed by atoms with Crippen molar-refractivity contribution in [3.63, 3.8) is 0 Å². The van der Waals surface area contributed by atoms with Crippen LogP contribution in [0.1, 0.15) is 25.7 Å². The number of methoxy groups -OCH3 is 1. The first-order valence-corrected chi connectivity index (χ1v) is 7.21. The normalized spacial score (nSPS) is 22.9. The molecule has 2 heterocycles. The summed E-state index contributed by atoms with van der Waals surface area (Å²) in [6.45, 7) is 6.04. The molecular formula is C14H24N4O3. The molecule has 0 spiro atoms. The number of carbonyl (C=O) groups is 1. The van der Waals surface area contributed by atoms with Crippen molar-refractivity contribution in [3.8, 4) is 0 Å². The molecule has 2 rings (SSSR count). The van der Waals surface area contributed by atoms with Crippen LogP contribution in [0.2, 0.25) is 0 Å². The number of imidazole rings is 1. The molecule has 118 valence electrons. The number of ether oxygens (including phenoxy) is 1. The summed E-state index contributed by atoms with van der Waals surface area (Å²) in [5, 5.41) is 12.9. The van der Waals surface area contributed by atoms with Gasteiger partial charge in [-0.1, -0.05) is 0 Å². The number of aliphatic hydroxyl groups excluding tert-OH is 1. The van der Waals surface area contributed by atoms with E-state index in [1.165, 1.54) is 7.11 Å². The summed E-state index contributed by atoms with van der Waals surface area (Å²) >= 11 is 0. The molecular weight excluding hydrogens is 272 g/mol. The Balaban J connectivity index is 1.91. The molecule has 1 amide bonds. The molecule has 1 fully saturated rings. The Morgan fingerprint density at radius 2 is 2.33 bits per heavy atom. The average molecular weight is 296 g/mol. The molecule has 0 saturated carbocycles. The van der Waals surface area contributed by atoms with Gasteiger partial charge in [0.05, 0.1) is 18.7 Å². The van der Waals surface area contributed by atoms with Crippen molar-refractivity contribution in [2.45, 2.75) is 38.6 Å². The molecule has 0 aliphatic carbocycles. The van der Waals surface area contributed by atoms with Gasteiger partial charge >= 0.3 is 0 Å². The fourth-order valence-electron chi connectivity index (χ4n) is 2.65. The number of rotatable bonds is 6. The summed E-state index contributed by atoms with van der Waals surface area (Å²) in [5.74, 6) is 0.771. The van der Waals surface area contributed by atoms with E-state index in [1.807, 2.05) is 6.20 Å². The molecule has 1 aliphatic rings. The van der Waals surface area contributed by atoms with Gasteiger partial charge in [0.25, 0.3) is 0 Å². The van der Waals surface area contributed by atoms with Gasteiger partial charge in [0.15, 0.2) is 0 Å². The van der Waals surface area contributed by atoms with E-state index in [0.717, 1.165) is 5.82 Å². The van der Waals surface area contributed by atoms with E-state index in [9.17, 15) is 9.90 Å². The van der Waals surface area contributed by atoms with Crippen molar-refractivity contribution in [2.24, 2.45) is 0 Å². The molecule has 2 N–H and O–H groups in total. The third kappa shape index (κ3) is 4.03. The lowest BCUT2D eigenvalue weighted by molar-refractivity contribution is -0.125. The van der Waals surface area contributed by atoms with Gasteiger partial charge in [-0.15, -0.1) is 0 Å². The standard InChI is InChI=1S/C14H24N4O3/c1-10(2)18-5-4-15-13(18)8-17-6-11(12(19)7-17)16-14(20)9-21-3/h4-5,10-12,19H,6-9H2,1-3H3,(H,16,20)/t11-,12-/m1/s1. The average Bonchev–Trinajstić information content (AvgIpc) is 2.98. The molecule has 0 unspecified atom stereocenters. The van der Waals surface area contributed by atoms with Crippen LogP contribution >= 0.6 is 0 Å². The second-order valence-electron chi connectivity index (χ2n) is 5.71. The van der Waals surface area contributed by atoms with Crippen LogP contribution in [0.3, 0.4) is 0 Å². The number of hydrogen-bond donors (Lipinski definition) is 2. The Morgan fingerprint density at radius 1 is 1.57 bits per heavy atom. The van der Waals surface area contributed by atoms with Gasteiger partial charge in [-0.2, -0.15) is 0 Å². The van der Waals surface area contributed by atoms with Crippen LogP contribution in [0.15, 0.2) is 12.4 Å². The van der Waals surface area contributed by atoms with E-state index >= 15 is 0 Å². The molecule has 7 nitrogen and oxygen atoms in total. The highest BCUT2D eigenvalue weighted by molar-refractivity contribution is 5.77. The van der Waals surface area contributed by atoms with E-state index in [1.54, 1.807) is 6.20 Å². The van der Waals surface area contributed by atoms with Crippen LogP contribution in [-0.2, 0) is 16.1 Å². The Hall–Kier alpha value is -1.44. The minimum atomic E-state index is -0.562. The summed E-state index contributed by atoms with van der Waals surface area (Å²) in [5.41, 5.74) is 0. The number of β-amino-alcohol motifs (C(OH)–C–C–N with tert-alkyl or cyclic N) is 1. The van der Waals surface area contributed by atoms with Crippen LogP contribution in [0.4, 0.5) is 0 Å². The first kappa shape index (κ1) is 15.9. The minimum Gasteiger partial charge on any atom is -0.390 e. The topological polar surface area (TPSA) is 79.6 Å². The lowest BCUT2D eigenvalue weighted by Crippen LogP contribution is -2.44. The fraction of sp³-hybridized carbons (Fsp3) is 0.714. The lowest BCUT2D eigenvalue weighted by atomic mass is 10.2. The minimum absolute atomic E-state index is 0.0149. The number of amides is 1. The zero-order valence-corrected chi connectivity index (χ0v) is 12.8. The van der Waals surface area contributed by atoms with E-state index in [4.69, 9.17) is 4.74 Å². The predicted molar refractivity (Wildman–Crippen MR) is 77.7 cm³/mol. The van der Waals surface area contributed by atoms with Crippen LogP contribution in [0.5, 0.6) is 0 Å². The van der Waals surface area contributed by atoms with Crippen molar-refractivity contribution >= 4 is 5.91 Å². The van der Waals surface area contributed by atoms with Crippen molar-refractivity contribution in [1.82, 2.24) is 19.8 Å². The highest BCUT2D eigenvalue weighted by Gasteiger charge is 2.32. The first-order chi connectivity index (χ1) is 10.0. The lowest BCUT2D eigenvalue weighted by Gasteiger charge is -2.18. The first-order valence-electron chi connectivity index (χ1n) is 7.21. The Labute approximate surface area is 124 Å². The van der Waals surface area contributed by atoms with Gasteiger partial charge in [-0.3, -0.25) is 9.69 Å². The SMILES string of the molecule is COCC(=O)N[C@@H]1CN(Cc2nccn2C(C)C)C[C@H]1O. The van der Waals surface area contributed by atoms with Crippen molar-refractivity contribution in [3.05, 3.63) is 18.2 Å². The van der Waals surface area contributed by atoms with E-state index in [2.05, 4.69) is 33.6 Å². The number of nitrogens with zero attached hydrogens (tertiary/aromatic N) is 3. The molecule has 0 radical (unpaired) electrons. The number of carbonyl (C=O) groups excluding carboxylic acids is 1. The maximum absolute atomic E-state index is 11.5. The van der Waals surface area contributed by atoms with Gasteiger partial charge in [0, 0.05) is 38.6 Å². The molecule has 0 bridgehead atoms. The Kier molecular flexibility index (Phi) is 5.33. The van der Waals surface area contributed by atoms with Crippen LogP contribution in [-0.4, -0.2) is 64.4 Å². The molecule has 21 heavy (non-hydrogen) atoms. The monoisotopic (exact) mass is 296 g/mol. The van der Waals surface area contributed by atoms with Crippen molar-refractivity contribution < 1.29 is 14.6 Å². The second kappa shape index (κ2) is 7.02. The largest absolute Gasteiger partial charge is 0.390 e. The van der Waals surface area contributed by atoms with E-state index < -0.39 is 6.10 Å². The van der Waals surface area contributed by atoms with E-state index in [-0.39, 0.29) is 18.6 Å². The third-order valence-electron chi connectivity index (χ3n) is 3.66. The highest BCUT2D eigenvalue weighted by Crippen LogP contribution is 2.15. The maximum atomic E-state index is 11.5. The molecule has 1 aromatic heterocycles. The molecule has 1 aliphatic heterocycles. The molecule has 7 heteroatoms. The third-order valence-corrected chi connectivity index (χ3v) is 3.66. The fourth-order valence-corrected chi connectivity index (χ4v) is 2.65. The summed E-state index contributed by atoms with van der Waals surface area (Å²) in [4.78, 5) is 18.0. The number of aromatic nitrogens is 2. The van der Waals surface area contributed by atoms with Gasteiger partial charge in [0.1, 0.15) is 12.4 Å². The van der Waals surface area contributed by atoms with Gasteiger partial charge in [0.2, 0.25) is 5.91 Å². The summed E-state index contributed by atoms with van der Waals surface area (Å²) in [6, 6.07) is 0.0994. The second-order valence-corrected chi connectivity index (χ2v) is 5.71. The Morgan fingerprint density at radius 3 is 3.00 bits per heavy atom. The van der Waals surface area contributed by atoms with Crippen molar-refractivity contribution in [1.29, 1.82) is 0 Å². The van der Waals surface area contributed by atoms with E-state index in [0.29, 0.717) is 25.7 Å². The molecule has 0 aromatic carbocycles. The highest BCUT2D eigenvalue weighted by atomic mass is 16.5. The van der Waals surface area contributed by atoms with Crippen LogP contribution in [0.25, 0.3) is 0 Å². The van der Waals surface area contributed by atoms with Crippen LogP contribution in [0, 0.1) is 0 Å². The number of nitrogens with one attached hydrogen (secondary N) is 1. The number of hydrogen-bond acceptors (Lipinski definition) is 5. The number of aliphatic hydroxyl groups is 1. The maximum Gasteiger partial charge on any atom is 0.246 e. The van der Waals surface area contributed by atoms with Gasteiger partial charge in [-0.25, -0.2) is 4.98 Å². The zero-order chi connectivity index (χ0) is 15.4. The summed E-state index contributed by atoms with van der Waals surface area (Å²) in [7, 11) is 1.47. The van der Waals surface area contributed by atoms with Crippen molar-refractivity contribution in [2.75, 3.05) is 26.8 Å². The summed E-state index contributed by atoms with van der Waals surface area (Å²) < 4.78 is 6.90. The molecule has 2 atom stereocenters. The smallest absolute Gasteiger partial charge is 0.246 e. The van der Waals surface area contributed by atoms with Gasteiger partial charge < -0.3 is 19.7 Å². The zero-order valence-electron chi connectivity index (χ0n) is 12.8. The quantitative estimate of drug-likeness (QED) is 0.758. The van der Waals surface area contributed by atoms with Gasteiger partial charge in [-0.05, 0) is 13.8 Å². The van der Waals surface area contributed by atoms with Crippen LogP contribution < -0.4 is 5.32 Å². The molecule has 1 saturated heterocycles. The predicted octanol–water partition coefficient (Wildman–Crippen LogP) is -0.228. The molecule has 1 aromatic rings. The summed E-state index contributed by atoms with van der Waals surface area (Å²) in [6.07, 6.45) is 3.19.